The van der Waals surface area contributed by atoms with Gasteiger partial charge in [-0.05, 0) is 32.4 Å². The summed E-state index contributed by atoms with van der Waals surface area (Å²) >= 11 is 0. The molecule has 17 heavy (non-hydrogen) atoms. The summed E-state index contributed by atoms with van der Waals surface area (Å²) in [6.45, 7) is 3.53. The van der Waals surface area contributed by atoms with Crippen LogP contribution in [0.5, 0.6) is 11.5 Å². The van der Waals surface area contributed by atoms with Crippen LogP contribution in [-0.4, -0.2) is 18.3 Å². The van der Waals surface area contributed by atoms with E-state index in [1.807, 2.05) is 25.1 Å². The van der Waals surface area contributed by atoms with Crippen LogP contribution in [0.1, 0.15) is 37.8 Å². The highest BCUT2D eigenvalue weighted by Crippen LogP contribution is 2.36. The number of hydrogen-bond donors (Lipinski definition) is 2. The first kappa shape index (κ1) is 14.1. The monoisotopic (exact) mass is 257 g/mol. The van der Waals surface area contributed by atoms with Gasteiger partial charge in [0, 0.05) is 11.6 Å². The van der Waals surface area contributed by atoms with E-state index in [9.17, 15) is 5.11 Å². The number of halogens is 1. The summed E-state index contributed by atoms with van der Waals surface area (Å²) in [5.41, 5.74) is 0.964. The molecule has 0 radical (unpaired) electrons. The number of phenols is 1. The molecule has 1 aromatic carbocycles. The normalized spacial score (nSPS) is 19.5. The molecule has 0 aromatic heterocycles. The standard InChI is InChI=1S/C13H19NO2.ClH/c1-2-16-12-8-5-6-10(13(12)15)11-7-3-4-9-14-11;/h5-6,8,11,14-15H,2-4,7,9H2,1H3;1H/t11-;/m1./s1. The number of ether oxygens (including phenoxy) is 1. The number of aromatic hydroxyl groups is 1. The maximum Gasteiger partial charge on any atom is 0.162 e. The van der Waals surface area contributed by atoms with Gasteiger partial charge in [-0.1, -0.05) is 18.6 Å². The molecule has 0 saturated carbocycles. The van der Waals surface area contributed by atoms with E-state index in [1.165, 1.54) is 12.8 Å². The summed E-state index contributed by atoms with van der Waals surface area (Å²) in [5.74, 6) is 0.885. The number of hydrogen-bond acceptors (Lipinski definition) is 3. The lowest BCUT2D eigenvalue weighted by Gasteiger charge is -2.25. The SMILES string of the molecule is CCOc1cccc([C@H]2CCCCN2)c1O.Cl. The van der Waals surface area contributed by atoms with E-state index in [4.69, 9.17) is 4.74 Å². The minimum atomic E-state index is 0. The molecule has 0 amide bonds. The molecule has 1 aliphatic heterocycles. The van der Waals surface area contributed by atoms with Crippen molar-refractivity contribution in [2.75, 3.05) is 13.2 Å². The van der Waals surface area contributed by atoms with Crippen molar-refractivity contribution in [3.05, 3.63) is 23.8 Å². The molecule has 0 spiro atoms. The minimum Gasteiger partial charge on any atom is -0.504 e. The number of piperidine rings is 1. The molecule has 4 heteroatoms. The van der Waals surface area contributed by atoms with E-state index >= 15 is 0 Å². The van der Waals surface area contributed by atoms with Crippen molar-refractivity contribution in [2.24, 2.45) is 0 Å². The molecule has 1 aromatic rings. The van der Waals surface area contributed by atoms with Crippen LogP contribution < -0.4 is 10.1 Å². The zero-order valence-corrected chi connectivity index (χ0v) is 10.9. The molecular weight excluding hydrogens is 238 g/mol. The van der Waals surface area contributed by atoms with Gasteiger partial charge in [0.2, 0.25) is 0 Å². The third kappa shape index (κ3) is 3.27. The molecule has 2 rings (SSSR count). The molecule has 1 aliphatic rings. The Hall–Kier alpha value is -0.930. The number of benzene rings is 1. The van der Waals surface area contributed by atoms with Gasteiger partial charge in [-0.25, -0.2) is 0 Å². The second-order valence-corrected chi connectivity index (χ2v) is 4.13. The molecule has 1 saturated heterocycles. The zero-order chi connectivity index (χ0) is 11.4. The molecule has 0 aliphatic carbocycles. The molecule has 2 N–H and O–H groups in total. The van der Waals surface area contributed by atoms with Crippen molar-refractivity contribution in [3.63, 3.8) is 0 Å². The van der Waals surface area contributed by atoms with Crippen LogP contribution in [0.3, 0.4) is 0 Å². The lowest BCUT2D eigenvalue weighted by Crippen LogP contribution is -2.26. The summed E-state index contributed by atoms with van der Waals surface area (Å²) < 4.78 is 5.39. The Kier molecular flexibility index (Phi) is 5.59. The first-order valence-electron chi connectivity index (χ1n) is 6.01. The minimum absolute atomic E-state index is 0. The van der Waals surface area contributed by atoms with Crippen molar-refractivity contribution >= 4 is 12.4 Å². The smallest absolute Gasteiger partial charge is 0.162 e. The van der Waals surface area contributed by atoms with Gasteiger partial charge in [-0.3, -0.25) is 0 Å². The Morgan fingerprint density at radius 1 is 1.41 bits per heavy atom. The lowest BCUT2D eigenvalue weighted by atomic mass is 9.96. The predicted molar refractivity (Wildman–Crippen MR) is 71.1 cm³/mol. The number of rotatable bonds is 3. The van der Waals surface area contributed by atoms with Crippen molar-refractivity contribution in [2.45, 2.75) is 32.2 Å². The predicted octanol–water partition coefficient (Wildman–Crippen LogP) is 3.03. The van der Waals surface area contributed by atoms with Gasteiger partial charge in [0.1, 0.15) is 0 Å². The van der Waals surface area contributed by atoms with Crippen molar-refractivity contribution < 1.29 is 9.84 Å². The second kappa shape index (κ2) is 6.72. The van der Waals surface area contributed by atoms with Crippen LogP contribution in [0, 0.1) is 0 Å². The van der Waals surface area contributed by atoms with Crippen molar-refractivity contribution in [1.29, 1.82) is 0 Å². The van der Waals surface area contributed by atoms with Crippen LogP contribution in [0.25, 0.3) is 0 Å². The topological polar surface area (TPSA) is 41.5 Å². The van der Waals surface area contributed by atoms with E-state index in [0.717, 1.165) is 18.5 Å². The van der Waals surface area contributed by atoms with E-state index in [1.54, 1.807) is 0 Å². The maximum absolute atomic E-state index is 10.1. The highest BCUT2D eigenvalue weighted by Gasteiger charge is 2.19. The molecule has 1 fully saturated rings. The van der Waals surface area contributed by atoms with Gasteiger partial charge in [0.25, 0.3) is 0 Å². The fourth-order valence-electron chi connectivity index (χ4n) is 2.21. The third-order valence-corrected chi connectivity index (χ3v) is 3.02. The fraction of sp³-hybridized carbons (Fsp3) is 0.538. The zero-order valence-electron chi connectivity index (χ0n) is 10.1. The summed E-state index contributed by atoms with van der Waals surface area (Å²) in [6, 6.07) is 6.00. The van der Waals surface area contributed by atoms with Gasteiger partial charge in [-0.2, -0.15) is 0 Å². The summed E-state index contributed by atoms with van der Waals surface area (Å²) in [6.07, 6.45) is 3.53. The molecule has 0 unspecified atom stereocenters. The first-order chi connectivity index (χ1) is 7.83. The molecule has 1 atom stereocenters. The Balaban J connectivity index is 0.00000144. The van der Waals surface area contributed by atoms with E-state index in [0.29, 0.717) is 18.1 Å². The van der Waals surface area contributed by atoms with Crippen LogP contribution >= 0.6 is 12.4 Å². The quantitative estimate of drug-likeness (QED) is 0.875. The van der Waals surface area contributed by atoms with Crippen molar-refractivity contribution in [3.8, 4) is 11.5 Å². The number of nitrogens with one attached hydrogen (secondary N) is 1. The van der Waals surface area contributed by atoms with E-state index < -0.39 is 0 Å². The van der Waals surface area contributed by atoms with Gasteiger partial charge >= 0.3 is 0 Å². The molecule has 3 nitrogen and oxygen atoms in total. The van der Waals surface area contributed by atoms with Gasteiger partial charge in [0.15, 0.2) is 11.5 Å². The Morgan fingerprint density at radius 3 is 2.88 bits per heavy atom. The second-order valence-electron chi connectivity index (χ2n) is 4.13. The van der Waals surface area contributed by atoms with Crippen LogP contribution in [0.4, 0.5) is 0 Å². The Labute approximate surface area is 109 Å². The van der Waals surface area contributed by atoms with Gasteiger partial charge in [0.05, 0.1) is 6.61 Å². The largest absolute Gasteiger partial charge is 0.504 e. The summed E-state index contributed by atoms with van der Waals surface area (Å²) in [5, 5.41) is 13.5. The average Bonchev–Trinajstić information content (AvgIpc) is 2.33. The van der Waals surface area contributed by atoms with Crippen LogP contribution in [-0.2, 0) is 0 Å². The summed E-state index contributed by atoms with van der Waals surface area (Å²) in [7, 11) is 0. The Morgan fingerprint density at radius 2 is 2.24 bits per heavy atom. The maximum atomic E-state index is 10.1. The highest BCUT2D eigenvalue weighted by atomic mass is 35.5. The van der Waals surface area contributed by atoms with E-state index in [2.05, 4.69) is 5.32 Å². The fourth-order valence-corrected chi connectivity index (χ4v) is 2.21. The van der Waals surface area contributed by atoms with Crippen molar-refractivity contribution in [1.82, 2.24) is 5.32 Å². The average molecular weight is 258 g/mol. The lowest BCUT2D eigenvalue weighted by molar-refractivity contribution is 0.312. The van der Waals surface area contributed by atoms with Crippen LogP contribution in [0.15, 0.2) is 18.2 Å². The highest BCUT2D eigenvalue weighted by molar-refractivity contribution is 5.85. The molecule has 0 bridgehead atoms. The Bertz CT molecular complexity index is 351. The third-order valence-electron chi connectivity index (χ3n) is 3.02. The molecule has 1 heterocycles. The van der Waals surface area contributed by atoms with E-state index in [-0.39, 0.29) is 18.4 Å². The molecule has 96 valence electrons. The van der Waals surface area contributed by atoms with Gasteiger partial charge < -0.3 is 15.2 Å². The molecular formula is C13H20ClNO2. The van der Waals surface area contributed by atoms with Crippen LogP contribution in [0.2, 0.25) is 0 Å². The number of para-hydroxylation sites is 1. The summed E-state index contributed by atoms with van der Waals surface area (Å²) in [4.78, 5) is 0. The first-order valence-corrected chi connectivity index (χ1v) is 6.01. The van der Waals surface area contributed by atoms with Gasteiger partial charge in [-0.15, -0.1) is 12.4 Å². The number of phenolic OH excluding ortho intramolecular Hbond substituents is 1.